The Morgan fingerprint density at radius 3 is 2.59 bits per heavy atom. The maximum absolute atomic E-state index is 13.3. The highest BCUT2D eigenvalue weighted by Crippen LogP contribution is 2.36. The Balaban J connectivity index is 1.16. The van der Waals surface area contributed by atoms with Crippen molar-refractivity contribution in [1.82, 2.24) is 10.6 Å². The molecule has 3 N–H and O–H groups in total. The van der Waals surface area contributed by atoms with Gasteiger partial charge < -0.3 is 30.0 Å². The summed E-state index contributed by atoms with van der Waals surface area (Å²) in [6.45, 7) is 0.823. The molecule has 32 heavy (non-hydrogen) atoms. The fourth-order valence-electron chi connectivity index (χ4n) is 4.76. The van der Waals surface area contributed by atoms with Crippen LogP contribution in [-0.4, -0.2) is 67.2 Å². The number of halogens is 2. The SMILES string of the molecule is COc1ccc(CNC(=O)CC2CC3OC(CNC4CCC(F)(F)CC4)C(O)C3O2)cc1. The summed E-state index contributed by atoms with van der Waals surface area (Å²) in [5, 5.41) is 16.7. The first-order valence-electron chi connectivity index (χ1n) is 11.3. The van der Waals surface area contributed by atoms with Gasteiger partial charge in [0.25, 0.3) is 0 Å². The first-order chi connectivity index (χ1) is 15.3. The summed E-state index contributed by atoms with van der Waals surface area (Å²) >= 11 is 0. The number of nitrogens with one attached hydrogen (secondary N) is 2. The van der Waals surface area contributed by atoms with E-state index < -0.39 is 24.2 Å². The maximum Gasteiger partial charge on any atom is 0.248 e. The van der Waals surface area contributed by atoms with E-state index in [2.05, 4.69) is 10.6 Å². The third-order valence-electron chi connectivity index (χ3n) is 6.66. The minimum atomic E-state index is -2.55. The molecule has 3 aliphatic rings. The molecule has 1 aromatic rings. The van der Waals surface area contributed by atoms with Crippen LogP contribution in [0.2, 0.25) is 0 Å². The average molecular weight is 455 g/mol. The molecule has 1 saturated carbocycles. The van der Waals surface area contributed by atoms with Gasteiger partial charge in [-0.15, -0.1) is 0 Å². The molecule has 0 aromatic heterocycles. The van der Waals surface area contributed by atoms with Crippen LogP contribution in [0.4, 0.5) is 8.78 Å². The molecule has 5 atom stereocenters. The van der Waals surface area contributed by atoms with Gasteiger partial charge in [0.05, 0.1) is 31.8 Å². The number of hydrogen-bond acceptors (Lipinski definition) is 6. The molecule has 7 nitrogen and oxygen atoms in total. The highest BCUT2D eigenvalue weighted by molar-refractivity contribution is 5.76. The third-order valence-corrected chi connectivity index (χ3v) is 6.66. The van der Waals surface area contributed by atoms with Crippen LogP contribution in [0.25, 0.3) is 0 Å². The molecule has 1 aliphatic carbocycles. The van der Waals surface area contributed by atoms with Crippen molar-refractivity contribution in [1.29, 1.82) is 0 Å². The van der Waals surface area contributed by atoms with Crippen LogP contribution in [-0.2, 0) is 20.8 Å². The zero-order chi connectivity index (χ0) is 22.7. The number of aliphatic hydroxyl groups is 1. The Kier molecular flexibility index (Phi) is 7.29. The molecule has 2 heterocycles. The van der Waals surface area contributed by atoms with Gasteiger partial charge in [0.2, 0.25) is 11.8 Å². The number of ether oxygens (including phenoxy) is 3. The van der Waals surface area contributed by atoms with Crippen molar-refractivity contribution in [2.45, 2.75) is 87.6 Å². The highest BCUT2D eigenvalue weighted by Gasteiger charge is 2.50. The predicted octanol–water partition coefficient (Wildman–Crippen LogP) is 2.15. The number of carbonyl (C=O) groups excluding carboxylic acids is 1. The van der Waals surface area contributed by atoms with Crippen molar-refractivity contribution in [3.05, 3.63) is 29.8 Å². The Morgan fingerprint density at radius 2 is 1.94 bits per heavy atom. The molecule has 0 spiro atoms. The summed E-state index contributed by atoms with van der Waals surface area (Å²) in [7, 11) is 1.60. The Bertz CT molecular complexity index is 768. The topological polar surface area (TPSA) is 89.1 Å². The molecule has 2 saturated heterocycles. The van der Waals surface area contributed by atoms with Crippen LogP contribution in [0.5, 0.6) is 5.75 Å². The van der Waals surface area contributed by atoms with Crippen LogP contribution in [0.15, 0.2) is 24.3 Å². The van der Waals surface area contributed by atoms with Gasteiger partial charge in [0.15, 0.2) is 0 Å². The van der Waals surface area contributed by atoms with Crippen molar-refractivity contribution in [2.24, 2.45) is 0 Å². The minimum absolute atomic E-state index is 0.0222. The molecule has 1 amide bonds. The van der Waals surface area contributed by atoms with E-state index in [0.29, 0.717) is 32.4 Å². The first-order valence-corrected chi connectivity index (χ1v) is 11.3. The molecule has 4 rings (SSSR count). The van der Waals surface area contributed by atoms with Gasteiger partial charge in [-0.2, -0.15) is 0 Å². The van der Waals surface area contributed by atoms with Crippen molar-refractivity contribution >= 4 is 5.91 Å². The van der Waals surface area contributed by atoms with Gasteiger partial charge in [0.1, 0.15) is 18.0 Å². The van der Waals surface area contributed by atoms with Gasteiger partial charge in [-0.3, -0.25) is 4.79 Å². The summed E-state index contributed by atoms with van der Waals surface area (Å²) in [6.07, 6.45) is -0.858. The normalized spacial score (nSPS) is 31.9. The van der Waals surface area contributed by atoms with Crippen LogP contribution in [0, 0.1) is 0 Å². The molecule has 0 radical (unpaired) electrons. The summed E-state index contributed by atoms with van der Waals surface area (Å²) in [5.74, 6) is -1.91. The summed E-state index contributed by atoms with van der Waals surface area (Å²) in [5.41, 5.74) is 0.971. The Labute approximate surface area is 186 Å². The van der Waals surface area contributed by atoms with Gasteiger partial charge in [-0.1, -0.05) is 12.1 Å². The van der Waals surface area contributed by atoms with E-state index in [4.69, 9.17) is 14.2 Å². The van der Waals surface area contributed by atoms with E-state index in [1.165, 1.54) is 0 Å². The lowest BCUT2D eigenvalue weighted by Crippen LogP contribution is -2.44. The van der Waals surface area contributed by atoms with E-state index in [1.54, 1.807) is 7.11 Å². The Hall–Kier alpha value is -1.81. The van der Waals surface area contributed by atoms with E-state index in [9.17, 15) is 18.7 Å². The van der Waals surface area contributed by atoms with Crippen LogP contribution < -0.4 is 15.4 Å². The monoisotopic (exact) mass is 454 g/mol. The van der Waals surface area contributed by atoms with E-state index in [1.807, 2.05) is 24.3 Å². The number of aliphatic hydroxyl groups excluding tert-OH is 1. The summed E-state index contributed by atoms with van der Waals surface area (Å²) < 4.78 is 43.6. The minimum Gasteiger partial charge on any atom is -0.497 e. The van der Waals surface area contributed by atoms with Crippen molar-refractivity contribution in [3.8, 4) is 5.75 Å². The second-order valence-electron chi connectivity index (χ2n) is 9.03. The van der Waals surface area contributed by atoms with Gasteiger partial charge in [0, 0.05) is 38.4 Å². The van der Waals surface area contributed by atoms with Crippen LogP contribution in [0.3, 0.4) is 0 Å². The number of alkyl halides is 2. The lowest BCUT2D eigenvalue weighted by molar-refractivity contribution is -0.124. The average Bonchev–Trinajstić information content (AvgIpc) is 3.30. The van der Waals surface area contributed by atoms with Crippen molar-refractivity contribution < 1.29 is 32.9 Å². The number of amides is 1. The van der Waals surface area contributed by atoms with E-state index >= 15 is 0 Å². The zero-order valence-electron chi connectivity index (χ0n) is 18.3. The van der Waals surface area contributed by atoms with Crippen molar-refractivity contribution in [3.63, 3.8) is 0 Å². The molecule has 1 aromatic carbocycles. The number of benzene rings is 1. The Morgan fingerprint density at radius 1 is 1.22 bits per heavy atom. The molecule has 5 unspecified atom stereocenters. The molecule has 0 bridgehead atoms. The number of methoxy groups -OCH3 is 1. The standard InChI is InChI=1S/C23H32F2N2O5/c1-30-16-4-2-14(3-5-16)12-27-20(28)11-17-10-18-22(31-17)21(29)19(32-18)13-26-15-6-8-23(24,25)9-7-15/h2-5,15,17-19,21-22,26,29H,6-13H2,1H3,(H,27,28). The lowest BCUT2D eigenvalue weighted by atomic mass is 9.92. The zero-order valence-corrected chi connectivity index (χ0v) is 18.3. The second kappa shape index (κ2) is 9.99. The molecule has 3 fully saturated rings. The molecule has 178 valence electrons. The van der Waals surface area contributed by atoms with Crippen LogP contribution in [0.1, 0.15) is 44.1 Å². The largest absolute Gasteiger partial charge is 0.497 e. The van der Waals surface area contributed by atoms with E-state index in [0.717, 1.165) is 11.3 Å². The molecule has 2 aliphatic heterocycles. The van der Waals surface area contributed by atoms with Crippen molar-refractivity contribution in [2.75, 3.05) is 13.7 Å². The third kappa shape index (κ3) is 5.75. The summed E-state index contributed by atoms with van der Waals surface area (Å²) in [6, 6.07) is 7.50. The molecular formula is C23H32F2N2O5. The highest BCUT2D eigenvalue weighted by atomic mass is 19.3. The molecule has 9 heteroatoms. The van der Waals surface area contributed by atoms with E-state index in [-0.39, 0.29) is 43.4 Å². The summed E-state index contributed by atoms with van der Waals surface area (Å²) in [4.78, 5) is 12.3. The first kappa shape index (κ1) is 23.4. The van der Waals surface area contributed by atoms with Gasteiger partial charge >= 0.3 is 0 Å². The quantitative estimate of drug-likeness (QED) is 0.558. The predicted molar refractivity (Wildman–Crippen MR) is 113 cm³/mol. The molecular weight excluding hydrogens is 422 g/mol. The smallest absolute Gasteiger partial charge is 0.248 e. The van der Waals surface area contributed by atoms with Gasteiger partial charge in [-0.05, 0) is 30.5 Å². The number of fused-ring (bicyclic) bond motifs is 1. The number of carbonyl (C=O) groups is 1. The van der Waals surface area contributed by atoms with Crippen LogP contribution >= 0.6 is 0 Å². The fraction of sp³-hybridized carbons (Fsp3) is 0.696. The number of hydrogen-bond donors (Lipinski definition) is 3. The number of rotatable bonds is 8. The lowest BCUT2D eigenvalue weighted by Gasteiger charge is -2.30. The van der Waals surface area contributed by atoms with Gasteiger partial charge in [-0.25, -0.2) is 8.78 Å². The fourth-order valence-corrected chi connectivity index (χ4v) is 4.76. The second-order valence-corrected chi connectivity index (χ2v) is 9.03. The maximum atomic E-state index is 13.3.